The van der Waals surface area contributed by atoms with Gasteiger partial charge in [0.2, 0.25) is 0 Å². The van der Waals surface area contributed by atoms with Crippen molar-refractivity contribution in [3.8, 4) is 0 Å². The zero-order chi connectivity index (χ0) is 9.10. The number of nitrogens with zero attached hydrogens (tertiary/aromatic N) is 3. The van der Waals surface area contributed by atoms with E-state index < -0.39 is 0 Å². The lowest BCUT2D eigenvalue weighted by Gasteiger charge is -2.24. The average Bonchev–Trinajstić information content (AvgIpc) is 2.62. The molecule has 0 radical (unpaired) electrons. The zero-order valence-corrected chi connectivity index (χ0v) is 8.03. The molecule has 1 heterocycles. The highest BCUT2D eigenvalue weighted by Gasteiger charge is 2.19. The van der Waals surface area contributed by atoms with Gasteiger partial charge in [-0.3, -0.25) is 0 Å². The first-order chi connectivity index (χ1) is 6.34. The number of hydrogen-bond donors (Lipinski definition) is 1. The molecule has 0 spiro atoms. The summed E-state index contributed by atoms with van der Waals surface area (Å²) >= 11 is 0. The number of nitrogens with one attached hydrogen (secondary N) is 1. The minimum atomic E-state index is 0.797. The Morgan fingerprint density at radius 2 is 2.08 bits per heavy atom. The molecule has 0 amide bonds. The highest BCUT2D eigenvalue weighted by molar-refractivity contribution is 4.82. The third-order valence-corrected chi connectivity index (χ3v) is 3.01. The van der Waals surface area contributed by atoms with Crippen LogP contribution in [0.2, 0.25) is 0 Å². The molecule has 2 rings (SSSR count). The molecule has 1 aliphatic rings. The van der Waals surface area contributed by atoms with Crippen LogP contribution in [-0.2, 0) is 6.42 Å². The lowest BCUT2D eigenvalue weighted by Crippen LogP contribution is -2.15. The van der Waals surface area contributed by atoms with Gasteiger partial charge in [0.25, 0.3) is 0 Å². The minimum Gasteiger partial charge on any atom is -0.243 e. The Labute approximate surface area is 78.1 Å². The van der Waals surface area contributed by atoms with E-state index in [4.69, 9.17) is 0 Å². The van der Waals surface area contributed by atoms with E-state index in [1.165, 1.54) is 25.7 Å². The van der Waals surface area contributed by atoms with E-state index in [0.717, 1.165) is 24.1 Å². The summed E-state index contributed by atoms with van der Waals surface area (Å²) in [5.74, 6) is 2.66. The minimum absolute atomic E-state index is 0.797. The molecule has 1 aliphatic carbocycles. The van der Waals surface area contributed by atoms with Crippen LogP contribution in [-0.4, -0.2) is 20.6 Å². The number of hydrogen-bond acceptors (Lipinski definition) is 3. The summed E-state index contributed by atoms with van der Waals surface area (Å²) in [4.78, 5) is 0. The number of H-pyrrole nitrogens is 1. The normalized spacial score (nSPS) is 29.0. The van der Waals surface area contributed by atoms with Crippen molar-refractivity contribution >= 4 is 0 Å². The molecule has 4 nitrogen and oxygen atoms in total. The highest BCUT2D eigenvalue weighted by atomic mass is 15.5. The molecular formula is C9H16N4. The molecule has 13 heavy (non-hydrogen) atoms. The lowest BCUT2D eigenvalue weighted by atomic mass is 9.81. The summed E-state index contributed by atoms with van der Waals surface area (Å²) in [7, 11) is 0. The molecule has 0 atom stereocenters. The number of aromatic nitrogens is 4. The van der Waals surface area contributed by atoms with Crippen LogP contribution in [0.3, 0.4) is 0 Å². The van der Waals surface area contributed by atoms with Crippen LogP contribution in [0.25, 0.3) is 0 Å². The summed E-state index contributed by atoms with van der Waals surface area (Å²) in [6, 6.07) is 0. The maximum Gasteiger partial charge on any atom is 0.148 e. The second kappa shape index (κ2) is 3.85. The first-order valence-corrected chi connectivity index (χ1v) is 5.07. The summed E-state index contributed by atoms with van der Waals surface area (Å²) in [6.07, 6.45) is 6.43. The maximum atomic E-state index is 3.91. The fraction of sp³-hybridized carbons (Fsp3) is 0.889. The molecule has 0 bridgehead atoms. The topological polar surface area (TPSA) is 54.5 Å². The van der Waals surface area contributed by atoms with Crippen LogP contribution in [0.15, 0.2) is 0 Å². The predicted octanol–water partition coefficient (Wildman–Crippen LogP) is 1.57. The molecule has 1 fully saturated rings. The van der Waals surface area contributed by atoms with Crippen molar-refractivity contribution in [1.82, 2.24) is 20.6 Å². The summed E-state index contributed by atoms with van der Waals surface area (Å²) in [5, 5.41) is 13.9. The first kappa shape index (κ1) is 8.66. The van der Waals surface area contributed by atoms with Gasteiger partial charge >= 0.3 is 0 Å². The molecule has 1 N–H and O–H groups in total. The number of tetrazole rings is 1. The van der Waals surface area contributed by atoms with Gasteiger partial charge in [0.15, 0.2) is 0 Å². The SMILES string of the molecule is C[C@H]1CC[C@H](Cc2nnn[nH]2)CC1. The van der Waals surface area contributed by atoms with Crippen LogP contribution in [0.1, 0.15) is 38.4 Å². The molecule has 0 aromatic carbocycles. The van der Waals surface area contributed by atoms with Gasteiger partial charge in [0.05, 0.1) is 0 Å². The predicted molar refractivity (Wildman–Crippen MR) is 49.0 cm³/mol. The molecule has 0 unspecified atom stereocenters. The summed E-state index contributed by atoms with van der Waals surface area (Å²) < 4.78 is 0. The van der Waals surface area contributed by atoms with Crippen LogP contribution in [0.5, 0.6) is 0 Å². The Kier molecular flexibility index (Phi) is 2.57. The summed E-state index contributed by atoms with van der Waals surface area (Å²) in [6.45, 7) is 2.34. The van der Waals surface area contributed by atoms with E-state index in [2.05, 4.69) is 27.5 Å². The largest absolute Gasteiger partial charge is 0.243 e. The molecule has 0 saturated heterocycles. The molecule has 0 aliphatic heterocycles. The Morgan fingerprint density at radius 3 is 2.69 bits per heavy atom. The quantitative estimate of drug-likeness (QED) is 0.751. The standard InChI is InChI=1S/C9H16N4/c1-7-2-4-8(5-3-7)6-9-10-12-13-11-9/h7-8H,2-6H2,1H3,(H,10,11,12,13)/t7-,8-. The third-order valence-electron chi connectivity index (χ3n) is 3.01. The van der Waals surface area contributed by atoms with E-state index in [9.17, 15) is 0 Å². The van der Waals surface area contributed by atoms with Crippen molar-refractivity contribution in [2.75, 3.05) is 0 Å². The molecular weight excluding hydrogens is 164 g/mol. The fourth-order valence-corrected chi connectivity index (χ4v) is 2.07. The Bertz CT molecular complexity index is 236. The van der Waals surface area contributed by atoms with Gasteiger partial charge in [0, 0.05) is 6.42 Å². The van der Waals surface area contributed by atoms with Gasteiger partial charge in [-0.05, 0) is 35.1 Å². The van der Waals surface area contributed by atoms with Crippen molar-refractivity contribution in [3.05, 3.63) is 5.82 Å². The fourth-order valence-electron chi connectivity index (χ4n) is 2.07. The van der Waals surface area contributed by atoms with Gasteiger partial charge in [-0.15, -0.1) is 5.10 Å². The lowest BCUT2D eigenvalue weighted by molar-refractivity contribution is 0.286. The second-order valence-electron chi connectivity index (χ2n) is 4.18. The van der Waals surface area contributed by atoms with Gasteiger partial charge in [-0.25, -0.2) is 5.10 Å². The monoisotopic (exact) mass is 180 g/mol. The van der Waals surface area contributed by atoms with Gasteiger partial charge in [-0.2, -0.15) is 0 Å². The van der Waals surface area contributed by atoms with Gasteiger partial charge in [0.1, 0.15) is 5.82 Å². The molecule has 1 saturated carbocycles. The molecule has 72 valence electrons. The Morgan fingerprint density at radius 1 is 1.31 bits per heavy atom. The van der Waals surface area contributed by atoms with Crippen molar-refractivity contribution in [2.24, 2.45) is 11.8 Å². The van der Waals surface area contributed by atoms with Crippen molar-refractivity contribution in [1.29, 1.82) is 0 Å². The second-order valence-corrected chi connectivity index (χ2v) is 4.18. The van der Waals surface area contributed by atoms with Crippen molar-refractivity contribution < 1.29 is 0 Å². The van der Waals surface area contributed by atoms with E-state index in [-0.39, 0.29) is 0 Å². The highest BCUT2D eigenvalue weighted by Crippen LogP contribution is 2.29. The van der Waals surface area contributed by atoms with Crippen LogP contribution >= 0.6 is 0 Å². The average molecular weight is 180 g/mol. The first-order valence-electron chi connectivity index (χ1n) is 5.07. The van der Waals surface area contributed by atoms with E-state index in [1.54, 1.807) is 0 Å². The summed E-state index contributed by atoms with van der Waals surface area (Å²) in [5.41, 5.74) is 0. The van der Waals surface area contributed by atoms with Gasteiger partial charge < -0.3 is 0 Å². The van der Waals surface area contributed by atoms with Crippen molar-refractivity contribution in [2.45, 2.75) is 39.0 Å². The molecule has 1 aromatic rings. The smallest absolute Gasteiger partial charge is 0.148 e. The van der Waals surface area contributed by atoms with Crippen LogP contribution in [0, 0.1) is 11.8 Å². The van der Waals surface area contributed by atoms with E-state index >= 15 is 0 Å². The Hall–Kier alpha value is -0.930. The number of rotatable bonds is 2. The van der Waals surface area contributed by atoms with Crippen LogP contribution in [0.4, 0.5) is 0 Å². The molecule has 4 heteroatoms. The Balaban J connectivity index is 1.83. The van der Waals surface area contributed by atoms with Crippen LogP contribution < -0.4 is 0 Å². The van der Waals surface area contributed by atoms with Crippen molar-refractivity contribution in [3.63, 3.8) is 0 Å². The van der Waals surface area contributed by atoms with Gasteiger partial charge in [-0.1, -0.05) is 19.8 Å². The molecule has 1 aromatic heterocycles. The maximum absolute atomic E-state index is 3.91. The zero-order valence-electron chi connectivity index (χ0n) is 8.03. The third kappa shape index (κ3) is 2.26. The van der Waals surface area contributed by atoms with E-state index in [0.29, 0.717) is 0 Å². The number of aromatic amines is 1. The van der Waals surface area contributed by atoms with E-state index in [1.807, 2.05) is 0 Å².